The highest BCUT2D eigenvalue weighted by Crippen LogP contribution is 2.51. The van der Waals surface area contributed by atoms with Gasteiger partial charge in [-0.05, 0) is 12.1 Å². The van der Waals surface area contributed by atoms with Gasteiger partial charge in [-0.3, -0.25) is 0 Å². The number of benzene rings is 2. The Labute approximate surface area is 125 Å². The highest BCUT2D eigenvalue weighted by Gasteiger charge is 2.53. The second-order valence-corrected chi connectivity index (χ2v) is 4.69. The number of alkyl halides is 2. The van der Waals surface area contributed by atoms with Crippen molar-refractivity contribution in [1.29, 1.82) is 0 Å². The second-order valence-electron chi connectivity index (χ2n) is 4.69. The smallest absolute Gasteiger partial charge is 0.456 e. The van der Waals surface area contributed by atoms with E-state index in [0.717, 1.165) is 7.11 Å². The van der Waals surface area contributed by atoms with Gasteiger partial charge >= 0.3 is 6.16 Å². The Hall–Kier alpha value is -2.63. The van der Waals surface area contributed by atoms with Gasteiger partial charge < -0.3 is 14.2 Å². The lowest BCUT2D eigenvalue weighted by Gasteiger charge is -2.37. The summed E-state index contributed by atoms with van der Waals surface area (Å²) in [7, 11) is 1.07. The van der Waals surface area contributed by atoms with Crippen molar-refractivity contribution in [1.82, 2.24) is 0 Å². The van der Waals surface area contributed by atoms with Crippen LogP contribution < -0.4 is 4.74 Å². The minimum Gasteiger partial charge on any atom is -0.456 e. The van der Waals surface area contributed by atoms with Crippen LogP contribution in [0.5, 0.6) is 11.5 Å². The monoisotopic (exact) mass is 306 g/mol. The first kappa shape index (κ1) is 14.3. The van der Waals surface area contributed by atoms with Crippen LogP contribution >= 0.6 is 0 Å². The molecule has 2 aromatic rings. The molecule has 1 aliphatic rings. The van der Waals surface area contributed by atoms with Gasteiger partial charge in [0.2, 0.25) is 5.60 Å². The van der Waals surface area contributed by atoms with E-state index in [1.165, 1.54) is 12.1 Å². The SMILES string of the molecule is COC(=O)OC1(C(F)F)c2ccccc2Oc2ccccc21. The van der Waals surface area contributed by atoms with Crippen molar-refractivity contribution in [2.45, 2.75) is 12.0 Å². The third-order valence-electron chi connectivity index (χ3n) is 3.51. The fourth-order valence-corrected chi connectivity index (χ4v) is 2.55. The zero-order valence-electron chi connectivity index (χ0n) is 11.6. The molecule has 114 valence electrons. The van der Waals surface area contributed by atoms with Crippen molar-refractivity contribution in [2.75, 3.05) is 7.11 Å². The average molecular weight is 306 g/mol. The molecule has 0 atom stereocenters. The first-order valence-corrected chi connectivity index (χ1v) is 6.51. The zero-order chi connectivity index (χ0) is 15.7. The van der Waals surface area contributed by atoms with E-state index in [2.05, 4.69) is 4.74 Å². The molecule has 0 unspecified atom stereocenters. The van der Waals surface area contributed by atoms with Crippen LogP contribution in [0.1, 0.15) is 11.1 Å². The predicted octanol–water partition coefficient (Wildman–Crippen LogP) is 4.08. The van der Waals surface area contributed by atoms with Crippen molar-refractivity contribution in [3.63, 3.8) is 0 Å². The summed E-state index contributed by atoms with van der Waals surface area (Å²) in [5, 5.41) is 0. The molecule has 0 bridgehead atoms. The zero-order valence-corrected chi connectivity index (χ0v) is 11.6. The molecular formula is C16H12F2O4. The minimum absolute atomic E-state index is 0.0779. The van der Waals surface area contributed by atoms with Crippen molar-refractivity contribution >= 4 is 6.16 Å². The van der Waals surface area contributed by atoms with Crippen LogP contribution in [0.4, 0.5) is 13.6 Å². The molecule has 4 nitrogen and oxygen atoms in total. The van der Waals surface area contributed by atoms with E-state index in [0.29, 0.717) is 0 Å². The number of methoxy groups -OCH3 is 1. The number of hydrogen-bond acceptors (Lipinski definition) is 4. The molecule has 3 rings (SSSR count). The van der Waals surface area contributed by atoms with Crippen LogP contribution in [-0.4, -0.2) is 19.7 Å². The fraction of sp³-hybridized carbons (Fsp3) is 0.188. The maximum Gasteiger partial charge on any atom is 0.509 e. The molecule has 1 heterocycles. The molecule has 0 amide bonds. The minimum atomic E-state index is -3.00. The summed E-state index contributed by atoms with van der Waals surface area (Å²) in [6.07, 6.45) is -4.19. The van der Waals surface area contributed by atoms with Gasteiger partial charge in [-0.2, -0.15) is 0 Å². The summed E-state index contributed by atoms with van der Waals surface area (Å²) in [4.78, 5) is 11.6. The first-order valence-electron chi connectivity index (χ1n) is 6.51. The molecule has 2 aromatic carbocycles. The topological polar surface area (TPSA) is 44.8 Å². The highest BCUT2D eigenvalue weighted by atomic mass is 19.3. The third-order valence-corrected chi connectivity index (χ3v) is 3.51. The molecule has 0 aromatic heterocycles. The number of rotatable bonds is 2. The summed E-state index contributed by atoms with van der Waals surface area (Å²) in [6.45, 7) is 0. The van der Waals surface area contributed by atoms with Gasteiger partial charge in [0, 0.05) is 11.1 Å². The number of carbonyl (C=O) groups is 1. The molecule has 0 saturated heterocycles. The Morgan fingerprint density at radius 1 is 1.05 bits per heavy atom. The second kappa shape index (κ2) is 5.29. The van der Waals surface area contributed by atoms with Crippen LogP contribution in [0.25, 0.3) is 0 Å². The molecule has 1 aliphatic heterocycles. The van der Waals surface area contributed by atoms with Gasteiger partial charge in [-0.1, -0.05) is 36.4 Å². The number of ether oxygens (including phenoxy) is 3. The molecule has 0 spiro atoms. The highest BCUT2D eigenvalue weighted by molar-refractivity contribution is 5.65. The number of carbonyl (C=O) groups excluding carboxylic acids is 1. The van der Waals surface area contributed by atoms with E-state index in [1.54, 1.807) is 36.4 Å². The first-order chi connectivity index (χ1) is 10.6. The Morgan fingerprint density at radius 3 is 2.00 bits per heavy atom. The molecule has 0 fully saturated rings. The van der Waals surface area contributed by atoms with Gasteiger partial charge in [0.1, 0.15) is 11.5 Å². The normalized spacial score (nSPS) is 14.5. The Bertz CT molecular complexity index is 669. The Balaban J connectivity index is 2.29. The van der Waals surface area contributed by atoms with Crippen LogP contribution in [-0.2, 0) is 15.1 Å². The fourth-order valence-electron chi connectivity index (χ4n) is 2.55. The molecular weight excluding hydrogens is 294 g/mol. The Kier molecular flexibility index (Phi) is 3.44. The van der Waals surface area contributed by atoms with E-state index < -0.39 is 18.2 Å². The predicted molar refractivity (Wildman–Crippen MR) is 73.2 cm³/mol. The number of fused-ring (bicyclic) bond motifs is 2. The van der Waals surface area contributed by atoms with Crippen molar-refractivity contribution in [3.05, 3.63) is 59.7 Å². The summed E-state index contributed by atoms with van der Waals surface area (Å²) in [5.74, 6) is 0.427. The van der Waals surface area contributed by atoms with Crippen LogP contribution in [0, 0.1) is 0 Å². The largest absolute Gasteiger partial charge is 0.509 e. The van der Waals surface area contributed by atoms with E-state index in [-0.39, 0.29) is 22.6 Å². The van der Waals surface area contributed by atoms with E-state index in [4.69, 9.17) is 9.47 Å². The summed E-state index contributed by atoms with van der Waals surface area (Å²) >= 11 is 0. The number of para-hydroxylation sites is 2. The third kappa shape index (κ3) is 1.99. The lowest BCUT2D eigenvalue weighted by Crippen LogP contribution is -2.43. The molecule has 0 aliphatic carbocycles. The average Bonchev–Trinajstić information content (AvgIpc) is 2.54. The van der Waals surface area contributed by atoms with Crippen LogP contribution in [0.3, 0.4) is 0 Å². The Morgan fingerprint density at radius 2 is 1.55 bits per heavy atom. The van der Waals surface area contributed by atoms with Crippen molar-refractivity contribution in [2.24, 2.45) is 0 Å². The van der Waals surface area contributed by atoms with E-state index in [1.807, 2.05) is 0 Å². The molecule has 6 heteroatoms. The molecule has 0 saturated carbocycles. The molecule has 22 heavy (non-hydrogen) atoms. The lowest BCUT2D eigenvalue weighted by atomic mass is 9.83. The van der Waals surface area contributed by atoms with Gasteiger partial charge in [0.05, 0.1) is 7.11 Å². The quantitative estimate of drug-likeness (QED) is 0.784. The lowest BCUT2D eigenvalue weighted by molar-refractivity contribution is -0.102. The summed E-state index contributed by atoms with van der Waals surface area (Å²) in [6, 6.07) is 12.4. The maximum atomic E-state index is 14.0. The standard InChI is InChI=1S/C16H12F2O4/c1-20-15(19)22-16(14(17)18)10-6-2-4-8-12(10)21-13-9-5-3-7-11(13)16/h2-9,14H,1H3. The summed E-state index contributed by atoms with van der Waals surface area (Å²) < 4.78 is 43.2. The van der Waals surface area contributed by atoms with Gasteiger partial charge in [-0.25, -0.2) is 13.6 Å². The maximum absolute atomic E-state index is 14.0. The number of hydrogen-bond donors (Lipinski definition) is 0. The van der Waals surface area contributed by atoms with Gasteiger partial charge in [0.25, 0.3) is 6.43 Å². The van der Waals surface area contributed by atoms with E-state index >= 15 is 0 Å². The molecule has 0 N–H and O–H groups in total. The molecule has 0 radical (unpaired) electrons. The van der Waals surface area contributed by atoms with Gasteiger partial charge in [-0.15, -0.1) is 0 Å². The van der Waals surface area contributed by atoms with E-state index in [9.17, 15) is 13.6 Å². The van der Waals surface area contributed by atoms with Crippen molar-refractivity contribution < 1.29 is 27.8 Å². The van der Waals surface area contributed by atoms with Crippen LogP contribution in [0.15, 0.2) is 48.5 Å². The van der Waals surface area contributed by atoms with Crippen molar-refractivity contribution in [3.8, 4) is 11.5 Å². The van der Waals surface area contributed by atoms with Gasteiger partial charge in [0.15, 0.2) is 0 Å². The number of halogens is 2. The summed E-state index contributed by atoms with van der Waals surface area (Å²) in [5.41, 5.74) is -2.11. The van der Waals surface area contributed by atoms with Crippen LogP contribution in [0.2, 0.25) is 0 Å².